The number of aryl methyl sites for hydroxylation is 1. The highest BCUT2D eigenvalue weighted by Gasteiger charge is 2.16. The summed E-state index contributed by atoms with van der Waals surface area (Å²) in [5.41, 5.74) is 8.77. The number of hydrogen-bond acceptors (Lipinski definition) is 5. The van der Waals surface area contributed by atoms with E-state index in [-0.39, 0.29) is 15.7 Å². The molecule has 0 fully saturated rings. The highest BCUT2D eigenvalue weighted by atomic mass is 31.0. The Labute approximate surface area is 309 Å². The van der Waals surface area contributed by atoms with E-state index in [1.54, 1.807) is 24.3 Å². The first kappa shape index (κ1) is 35.7. The topological polar surface area (TPSA) is 42.0 Å². The Hall–Kier alpha value is -6.16. The third-order valence-electron chi connectivity index (χ3n) is 8.56. The summed E-state index contributed by atoms with van der Waals surface area (Å²) in [6.45, 7) is 4.62. The number of para-hydroxylation sites is 2. The van der Waals surface area contributed by atoms with E-state index in [9.17, 15) is 4.79 Å². The maximum atomic E-state index is 13.0. The minimum atomic E-state index is -0.0501. The summed E-state index contributed by atoms with van der Waals surface area (Å²) in [7, 11) is 0. The van der Waals surface area contributed by atoms with Crippen LogP contribution in [0.25, 0.3) is 0 Å². The second kappa shape index (κ2) is 16.7. The van der Waals surface area contributed by atoms with E-state index in [0.29, 0.717) is 29.2 Å². The molecule has 0 saturated carbocycles. The third kappa shape index (κ3) is 8.24. The molecule has 7 aromatic carbocycles. The van der Waals surface area contributed by atoms with Crippen LogP contribution in [0.1, 0.15) is 28.4 Å². The van der Waals surface area contributed by atoms with Gasteiger partial charge in [-0.2, -0.15) is 9.90 Å². The molecule has 1 atom stereocenters. The molecule has 0 saturated heterocycles. The number of hydrogen-bond donors (Lipinski definition) is 0. The Kier molecular flexibility index (Phi) is 11.5. The van der Waals surface area contributed by atoms with E-state index in [1.807, 2.05) is 67.6 Å². The van der Waals surface area contributed by atoms with Crippen molar-refractivity contribution >= 4 is 49.8 Å². The van der Waals surface area contributed by atoms with E-state index in [2.05, 4.69) is 114 Å². The fourth-order valence-electron chi connectivity index (χ4n) is 6.00. The van der Waals surface area contributed by atoms with Crippen LogP contribution >= 0.6 is 9.90 Å². The number of anilines is 6. The van der Waals surface area contributed by atoms with Gasteiger partial charge in [0, 0.05) is 45.3 Å². The van der Waals surface area contributed by atoms with Crippen LogP contribution in [0.15, 0.2) is 182 Å². The molecule has 6 heteroatoms. The van der Waals surface area contributed by atoms with Crippen LogP contribution in [0.4, 0.5) is 34.1 Å². The third-order valence-corrected chi connectivity index (χ3v) is 8.56. The van der Waals surface area contributed by atoms with Gasteiger partial charge in [0.15, 0.2) is 5.78 Å². The molecule has 7 aromatic rings. The zero-order valence-corrected chi connectivity index (χ0v) is 30.8. The van der Waals surface area contributed by atoms with Gasteiger partial charge >= 0.3 is 0 Å². The van der Waals surface area contributed by atoms with Gasteiger partial charge in [0.25, 0.3) is 0 Å². The normalized spacial score (nSPS) is 10.5. The lowest BCUT2D eigenvalue weighted by molar-refractivity contribution is 0.103. The number of nitrogens with zero attached hydrogens (tertiary/aromatic N) is 2. The summed E-state index contributed by atoms with van der Waals surface area (Å²) in [6.07, 6.45) is 0. The Morgan fingerprint density at radius 2 is 0.769 bits per heavy atom. The van der Waals surface area contributed by atoms with Crippen LogP contribution in [0.2, 0.25) is 0 Å². The number of rotatable bonds is 12. The SMILES string of the molecule is CCOc1ccc(C(=O)c2ccc(Oc3ccc(N(c4ccccc4)c4ccc(N(c5ccccc5)c5ccc(C)cc5)cc4)cc3)cc2)cc1.P. The lowest BCUT2D eigenvalue weighted by Gasteiger charge is -2.28. The molecule has 0 aliphatic heterocycles. The van der Waals surface area contributed by atoms with Gasteiger partial charge in [0.2, 0.25) is 0 Å². The first-order valence-electron chi connectivity index (χ1n) is 17.1. The maximum Gasteiger partial charge on any atom is 0.193 e. The summed E-state index contributed by atoms with van der Waals surface area (Å²) < 4.78 is 11.7. The lowest BCUT2D eigenvalue weighted by Crippen LogP contribution is -2.12. The lowest BCUT2D eigenvalue weighted by atomic mass is 10.0. The van der Waals surface area contributed by atoms with Crippen molar-refractivity contribution in [3.8, 4) is 17.2 Å². The number of carbonyl (C=O) groups is 1. The van der Waals surface area contributed by atoms with Gasteiger partial charge in [-0.1, -0.05) is 54.1 Å². The molecule has 52 heavy (non-hydrogen) atoms. The van der Waals surface area contributed by atoms with Crippen molar-refractivity contribution in [1.29, 1.82) is 0 Å². The van der Waals surface area contributed by atoms with Gasteiger partial charge < -0.3 is 19.3 Å². The number of carbonyl (C=O) groups excluding carboxylic acids is 1. The predicted molar refractivity (Wildman–Crippen MR) is 219 cm³/mol. The minimum Gasteiger partial charge on any atom is -0.494 e. The zero-order chi connectivity index (χ0) is 35.0. The van der Waals surface area contributed by atoms with Crippen LogP contribution in [-0.4, -0.2) is 12.4 Å². The second-order valence-electron chi connectivity index (χ2n) is 12.1. The Bertz CT molecular complexity index is 2170. The van der Waals surface area contributed by atoms with Crippen molar-refractivity contribution in [2.24, 2.45) is 0 Å². The highest BCUT2D eigenvalue weighted by molar-refractivity contribution is 6.92. The van der Waals surface area contributed by atoms with E-state index in [0.717, 1.165) is 39.9 Å². The van der Waals surface area contributed by atoms with Gasteiger partial charge in [-0.3, -0.25) is 4.79 Å². The van der Waals surface area contributed by atoms with Crippen LogP contribution in [0.5, 0.6) is 17.2 Å². The zero-order valence-electron chi connectivity index (χ0n) is 29.4. The molecular formula is C46H41N2O3P. The number of ether oxygens (including phenoxy) is 2. The molecule has 0 spiro atoms. The quantitative estimate of drug-likeness (QED) is 0.0937. The molecule has 0 N–H and O–H groups in total. The monoisotopic (exact) mass is 700 g/mol. The Morgan fingerprint density at radius 1 is 0.442 bits per heavy atom. The molecular weight excluding hydrogens is 659 g/mol. The van der Waals surface area contributed by atoms with Crippen LogP contribution in [-0.2, 0) is 0 Å². The smallest absolute Gasteiger partial charge is 0.193 e. The van der Waals surface area contributed by atoms with Gasteiger partial charge in [-0.15, -0.1) is 0 Å². The number of benzene rings is 7. The second-order valence-corrected chi connectivity index (χ2v) is 12.1. The molecule has 7 rings (SSSR count). The number of ketones is 1. The molecule has 0 amide bonds. The van der Waals surface area contributed by atoms with Gasteiger partial charge in [0.1, 0.15) is 17.2 Å². The fourth-order valence-corrected chi connectivity index (χ4v) is 6.00. The van der Waals surface area contributed by atoms with Gasteiger partial charge in [-0.25, -0.2) is 0 Å². The standard InChI is InChI=1S/C46H38N2O3.H3P/c1-3-50-43-28-16-35(17-29-43)46(49)36-18-30-44(31-19-36)51-45-32-26-42(27-33-45)48(38-12-8-5-9-13-38)41-24-22-40(23-25-41)47(37-10-6-4-7-11-37)39-20-14-34(2)15-21-39;/h4-33H,3H2,1-2H3;1H3. The Balaban J connectivity index is 0.00000464. The van der Waals surface area contributed by atoms with Crippen LogP contribution in [0.3, 0.4) is 0 Å². The molecule has 0 bridgehead atoms. The largest absolute Gasteiger partial charge is 0.494 e. The summed E-state index contributed by atoms with van der Waals surface area (Å²) in [4.78, 5) is 17.5. The summed E-state index contributed by atoms with van der Waals surface area (Å²) in [5.74, 6) is 2.05. The van der Waals surface area contributed by atoms with Crippen molar-refractivity contribution in [1.82, 2.24) is 0 Å². The van der Waals surface area contributed by atoms with E-state index < -0.39 is 0 Å². The van der Waals surface area contributed by atoms with Crippen molar-refractivity contribution in [2.45, 2.75) is 13.8 Å². The molecule has 1 unspecified atom stereocenters. The first-order valence-corrected chi connectivity index (χ1v) is 17.1. The average molecular weight is 701 g/mol. The molecule has 258 valence electrons. The van der Waals surface area contributed by atoms with Crippen molar-refractivity contribution in [3.05, 3.63) is 199 Å². The molecule has 0 aliphatic carbocycles. The average Bonchev–Trinajstić information content (AvgIpc) is 3.18. The Morgan fingerprint density at radius 3 is 1.17 bits per heavy atom. The van der Waals surface area contributed by atoms with E-state index in [4.69, 9.17) is 9.47 Å². The predicted octanol–water partition coefficient (Wildman–Crippen LogP) is 12.4. The fraction of sp³-hybridized carbons (Fsp3) is 0.0652. The van der Waals surface area contributed by atoms with Crippen LogP contribution < -0.4 is 19.3 Å². The molecule has 0 aromatic heterocycles. The summed E-state index contributed by atoms with van der Waals surface area (Å²) in [6, 6.07) is 60.5. The molecule has 0 aliphatic rings. The first-order chi connectivity index (χ1) is 25.1. The van der Waals surface area contributed by atoms with Crippen molar-refractivity contribution in [3.63, 3.8) is 0 Å². The molecule has 5 nitrogen and oxygen atoms in total. The van der Waals surface area contributed by atoms with Crippen molar-refractivity contribution < 1.29 is 14.3 Å². The van der Waals surface area contributed by atoms with Gasteiger partial charge in [0.05, 0.1) is 6.61 Å². The highest BCUT2D eigenvalue weighted by Crippen LogP contribution is 2.39. The molecule has 0 heterocycles. The van der Waals surface area contributed by atoms with E-state index in [1.165, 1.54) is 5.56 Å². The summed E-state index contributed by atoms with van der Waals surface area (Å²) in [5, 5.41) is 0. The van der Waals surface area contributed by atoms with Crippen molar-refractivity contribution in [2.75, 3.05) is 16.4 Å². The summed E-state index contributed by atoms with van der Waals surface area (Å²) >= 11 is 0. The van der Waals surface area contributed by atoms with Gasteiger partial charge in [-0.05, 0) is 147 Å². The minimum absolute atomic E-state index is 0. The van der Waals surface area contributed by atoms with Crippen LogP contribution in [0, 0.1) is 6.92 Å². The maximum absolute atomic E-state index is 13.0. The van der Waals surface area contributed by atoms with E-state index >= 15 is 0 Å². The molecule has 0 radical (unpaired) electrons.